The monoisotopic (exact) mass is 308 g/mol. The molecule has 0 heterocycles. The number of hydrogen-bond acceptors (Lipinski definition) is 1. The Kier molecular flexibility index (Phi) is 5.51. The average molecular weight is 309 g/mol. The molecule has 2 rings (SSSR count). The summed E-state index contributed by atoms with van der Waals surface area (Å²) in [6, 6.07) is 7.84. The van der Waals surface area contributed by atoms with Gasteiger partial charge in [0.25, 0.3) is 0 Å². The predicted molar refractivity (Wildman–Crippen MR) is 87.6 cm³/mol. The number of benzene rings is 1. The Morgan fingerprint density at radius 1 is 1.10 bits per heavy atom. The van der Waals surface area contributed by atoms with Gasteiger partial charge in [0.05, 0.1) is 5.54 Å². The minimum absolute atomic E-state index is 0.0816. The molecule has 1 saturated carbocycles. The second-order valence-electron chi connectivity index (χ2n) is 6.42. The van der Waals surface area contributed by atoms with Crippen molar-refractivity contribution in [3.05, 3.63) is 34.9 Å². The van der Waals surface area contributed by atoms with Crippen molar-refractivity contribution in [2.24, 2.45) is 0 Å². The summed E-state index contributed by atoms with van der Waals surface area (Å²) in [4.78, 5) is 12.2. The van der Waals surface area contributed by atoms with Crippen LogP contribution in [0, 0.1) is 0 Å². The number of urea groups is 1. The molecule has 0 aromatic heterocycles. The van der Waals surface area contributed by atoms with Crippen molar-refractivity contribution in [1.82, 2.24) is 10.6 Å². The van der Waals surface area contributed by atoms with Crippen LogP contribution in [0.3, 0.4) is 0 Å². The van der Waals surface area contributed by atoms with Gasteiger partial charge in [-0.25, -0.2) is 4.79 Å². The molecule has 3 nitrogen and oxygen atoms in total. The summed E-state index contributed by atoms with van der Waals surface area (Å²) < 4.78 is 0. The standard InChI is InChI=1S/C17H25ClN2O/c1-17(2,13-9-11-14(18)12-10-13)20-16(21)19-15-7-5-3-4-6-8-15/h9-12,15H,3-8H2,1-2H3,(H2,19,20,21). The Morgan fingerprint density at radius 2 is 1.67 bits per heavy atom. The zero-order valence-corrected chi connectivity index (χ0v) is 13.7. The second kappa shape index (κ2) is 7.17. The molecule has 2 amide bonds. The van der Waals surface area contributed by atoms with Crippen LogP contribution in [0.15, 0.2) is 24.3 Å². The Bertz CT molecular complexity index is 462. The van der Waals surface area contributed by atoms with E-state index in [4.69, 9.17) is 11.6 Å². The smallest absolute Gasteiger partial charge is 0.315 e. The van der Waals surface area contributed by atoms with E-state index in [-0.39, 0.29) is 6.03 Å². The van der Waals surface area contributed by atoms with E-state index < -0.39 is 5.54 Å². The molecule has 1 fully saturated rings. The number of rotatable bonds is 3. The van der Waals surface area contributed by atoms with Crippen LogP contribution >= 0.6 is 11.6 Å². The summed E-state index contributed by atoms with van der Waals surface area (Å²) in [7, 11) is 0. The molecule has 1 aromatic rings. The summed E-state index contributed by atoms with van der Waals surface area (Å²) in [5.41, 5.74) is 0.627. The topological polar surface area (TPSA) is 41.1 Å². The normalized spacial score (nSPS) is 17.1. The van der Waals surface area contributed by atoms with E-state index in [0.29, 0.717) is 11.1 Å². The van der Waals surface area contributed by atoms with Gasteiger partial charge in [-0.15, -0.1) is 0 Å². The van der Waals surface area contributed by atoms with Crippen LogP contribution in [0.1, 0.15) is 57.9 Å². The van der Waals surface area contributed by atoms with Gasteiger partial charge in [-0.3, -0.25) is 0 Å². The van der Waals surface area contributed by atoms with E-state index in [1.54, 1.807) is 0 Å². The molecule has 0 bridgehead atoms. The fourth-order valence-electron chi connectivity index (χ4n) is 2.87. The molecule has 1 aliphatic carbocycles. The number of amides is 2. The molecule has 0 radical (unpaired) electrons. The molecular weight excluding hydrogens is 284 g/mol. The molecular formula is C17H25ClN2O. The maximum Gasteiger partial charge on any atom is 0.315 e. The molecule has 0 spiro atoms. The van der Waals surface area contributed by atoms with E-state index in [0.717, 1.165) is 18.4 Å². The highest BCUT2D eigenvalue weighted by Gasteiger charge is 2.24. The Morgan fingerprint density at radius 3 is 2.24 bits per heavy atom. The Labute approximate surface area is 132 Å². The maximum atomic E-state index is 12.2. The molecule has 0 aliphatic heterocycles. The van der Waals surface area contributed by atoms with Gasteiger partial charge in [0.15, 0.2) is 0 Å². The Balaban J connectivity index is 1.92. The zero-order valence-electron chi connectivity index (χ0n) is 12.9. The molecule has 0 unspecified atom stereocenters. The van der Waals surface area contributed by atoms with E-state index >= 15 is 0 Å². The highest BCUT2D eigenvalue weighted by atomic mass is 35.5. The highest BCUT2D eigenvalue weighted by Crippen LogP contribution is 2.22. The molecule has 1 aromatic carbocycles. The van der Waals surface area contributed by atoms with Crippen LogP contribution in [0.2, 0.25) is 5.02 Å². The van der Waals surface area contributed by atoms with Crippen LogP contribution in [-0.4, -0.2) is 12.1 Å². The van der Waals surface area contributed by atoms with Gasteiger partial charge in [0.2, 0.25) is 0 Å². The van der Waals surface area contributed by atoms with Crippen molar-refractivity contribution >= 4 is 17.6 Å². The number of carbonyl (C=O) groups excluding carboxylic acids is 1. The van der Waals surface area contributed by atoms with Gasteiger partial charge in [-0.05, 0) is 44.4 Å². The lowest BCUT2D eigenvalue weighted by Crippen LogP contribution is -2.49. The predicted octanol–water partition coefficient (Wildman–Crippen LogP) is 4.60. The van der Waals surface area contributed by atoms with E-state index in [1.807, 2.05) is 38.1 Å². The lowest BCUT2D eigenvalue weighted by molar-refractivity contribution is 0.224. The molecule has 2 N–H and O–H groups in total. The van der Waals surface area contributed by atoms with Crippen molar-refractivity contribution in [2.45, 2.75) is 64.0 Å². The zero-order chi connectivity index (χ0) is 15.3. The average Bonchev–Trinajstić information content (AvgIpc) is 2.67. The first-order valence-corrected chi connectivity index (χ1v) is 8.20. The second-order valence-corrected chi connectivity index (χ2v) is 6.86. The lowest BCUT2D eigenvalue weighted by atomic mass is 9.94. The quantitative estimate of drug-likeness (QED) is 0.787. The van der Waals surface area contributed by atoms with Gasteiger partial charge in [-0.1, -0.05) is 49.4 Å². The number of nitrogens with one attached hydrogen (secondary N) is 2. The van der Waals surface area contributed by atoms with Crippen LogP contribution < -0.4 is 10.6 Å². The van der Waals surface area contributed by atoms with E-state index in [1.165, 1.54) is 25.7 Å². The van der Waals surface area contributed by atoms with Crippen molar-refractivity contribution in [3.8, 4) is 0 Å². The van der Waals surface area contributed by atoms with Gasteiger partial charge in [-0.2, -0.15) is 0 Å². The molecule has 116 valence electrons. The summed E-state index contributed by atoms with van der Waals surface area (Å²) in [6.07, 6.45) is 7.19. The van der Waals surface area contributed by atoms with E-state index in [2.05, 4.69) is 10.6 Å². The third-order valence-electron chi connectivity index (χ3n) is 4.18. The molecule has 1 aliphatic rings. The third kappa shape index (κ3) is 4.92. The third-order valence-corrected chi connectivity index (χ3v) is 4.43. The molecule has 21 heavy (non-hydrogen) atoms. The van der Waals surface area contributed by atoms with E-state index in [9.17, 15) is 4.79 Å². The minimum Gasteiger partial charge on any atom is -0.335 e. The number of carbonyl (C=O) groups is 1. The first kappa shape index (κ1) is 16.2. The van der Waals surface area contributed by atoms with Gasteiger partial charge < -0.3 is 10.6 Å². The summed E-state index contributed by atoms with van der Waals surface area (Å²) in [5, 5.41) is 6.89. The molecule has 0 atom stereocenters. The van der Waals surface area contributed by atoms with Crippen LogP contribution in [0.4, 0.5) is 4.79 Å². The highest BCUT2D eigenvalue weighted by molar-refractivity contribution is 6.30. The van der Waals surface area contributed by atoms with Crippen LogP contribution in [0.25, 0.3) is 0 Å². The SMILES string of the molecule is CC(C)(NC(=O)NC1CCCCCC1)c1ccc(Cl)cc1. The van der Waals surface area contributed by atoms with Crippen molar-refractivity contribution in [1.29, 1.82) is 0 Å². The van der Waals surface area contributed by atoms with Crippen molar-refractivity contribution in [2.75, 3.05) is 0 Å². The summed E-state index contributed by atoms with van der Waals surface area (Å²) >= 11 is 5.91. The van der Waals surface area contributed by atoms with Gasteiger partial charge >= 0.3 is 6.03 Å². The first-order chi connectivity index (χ1) is 9.97. The van der Waals surface area contributed by atoms with Crippen LogP contribution in [0.5, 0.6) is 0 Å². The largest absolute Gasteiger partial charge is 0.335 e. The fourth-order valence-corrected chi connectivity index (χ4v) is 2.99. The minimum atomic E-state index is -0.417. The van der Waals surface area contributed by atoms with Crippen molar-refractivity contribution < 1.29 is 4.79 Å². The van der Waals surface area contributed by atoms with Gasteiger partial charge in [0.1, 0.15) is 0 Å². The number of hydrogen-bond donors (Lipinski definition) is 2. The fraction of sp³-hybridized carbons (Fsp3) is 0.588. The van der Waals surface area contributed by atoms with Crippen molar-refractivity contribution in [3.63, 3.8) is 0 Å². The molecule has 0 saturated heterocycles. The lowest BCUT2D eigenvalue weighted by Gasteiger charge is -2.28. The van der Waals surface area contributed by atoms with Gasteiger partial charge in [0, 0.05) is 11.1 Å². The molecule has 4 heteroatoms. The summed E-state index contributed by atoms with van der Waals surface area (Å²) in [6.45, 7) is 4.01. The first-order valence-electron chi connectivity index (χ1n) is 7.82. The maximum absolute atomic E-state index is 12.2. The number of halogens is 1. The van der Waals surface area contributed by atoms with Crippen LogP contribution in [-0.2, 0) is 5.54 Å². The Hall–Kier alpha value is -1.22. The summed E-state index contributed by atoms with van der Waals surface area (Å²) in [5.74, 6) is 0.